The summed E-state index contributed by atoms with van der Waals surface area (Å²) >= 11 is 4.79. The van der Waals surface area contributed by atoms with Crippen molar-refractivity contribution >= 4 is 22.9 Å². The number of thiocarbonyl (C=S) groups is 1. The maximum atomic E-state index is 13.4. The minimum Gasteiger partial charge on any atom is -0.393 e. The topological polar surface area (TPSA) is 29.3 Å². The van der Waals surface area contributed by atoms with Crippen molar-refractivity contribution in [2.75, 3.05) is 18.5 Å². The summed E-state index contributed by atoms with van der Waals surface area (Å²) in [5, 5.41) is 0. The van der Waals surface area contributed by atoms with E-state index in [2.05, 4.69) is 0 Å². The molecule has 0 radical (unpaired) electrons. The summed E-state index contributed by atoms with van der Waals surface area (Å²) in [6.07, 6.45) is 2.68. The minimum atomic E-state index is -0.181. The lowest BCUT2D eigenvalue weighted by Crippen LogP contribution is -2.20. The highest BCUT2D eigenvalue weighted by atomic mass is 32.1. The van der Waals surface area contributed by atoms with Gasteiger partial charge in [-0.2, -0.15) is 0 Å². The highest BCUT2D eigenvalue weighted by molar-refractivity contribution is 7.80. The van der Waals surface area contributed by atoms with Crippen LogP contribution < -0.4 is 10.6 Å². The molecular weight excluding hydrogens is 223 g/mol. The van der Waals surface area contributed by atoms with Gasteiger partial charge in [0.2, 0.25) is 0 Å². The van der Waals surface area contributed by atoms with Crippen LogP contribution in [0, 0.1) is 5.82 Å². The number of para-hydroxylation sites is 1. The molecule has 0 aliphatic heterocycles. The Hall–Kier alpha value is -1.16. The molecule has 0 amide bonds. The lowest BCUT2D eigenvalue weighted by atomic mass is 10.2. The van der Waals surface area contributed by atoms with E-state index in [1.807, 2.05) is 18.0 Å². The predicted molar refractivity (Wildman–Crippen MR) is 70.3 cm³/mol. The molecule has 0 aromatic heterocycles. The number of halogens is 1. The summed E-state index contributed by atoms with van der Waals surface area (Å²) in [6, 6.07) is 6.78. The van der Waals surface area contributed by atoms with Crippen molar-refractivity contribution in [1.82, 2.24) is 0 Å². The number of unbranched alkanes of at least 4 members (excludes halogenated alkanes) is 1. The van der Waals surface area contributed by atoms with Crippen LogP contribution in [-0.4, -0.2) is 18.6 Å². The van der Waals surface area contributed by atoms with Crippen LogP contribution >= 0.6 is 12.2 Å². The fraction of sp³-hybridized carbons (Fsp3) is 0.417. The Morgan fingerprint density at radius 3 is 2.69 bits per heavy atom. The van der Waals surface area contributed by atoms with Crippen molar-refractivity contribution in [3.05, 3.63) is 30.1 Å². The Balaban J connectivity index is 2.38. The van der Waals surface area contributed by atoms with Gasteiger partial charge in [-0.25, -0.2) is 4.39 Å². The summed E-state index contributed by atoms with van der Waals surface area (Å²) in [4.78, 5) is 2.46. The Labute approximate surface area is 101 Å². The van der Waals surface area contributed by atoms with Crippen molar-refractivity contribution in [2.24, 2.45) is 5.73 Å². The molecule has 2 nitrogen and oxygen atoms in total. The molecule has 0 heterocycles. The molecular formula is C12H17FN2S. The number of nitrogens with two attached hydrogens (primary N) is 1. The monoisotopic (exact) mass is 240 g/mol. The van der Waals surface area contributed by atoms with Crippen molar-refractivity contribution in [2.45, 2.75) is 19.3 Å². The van der Waals surface area contributed by atoms with Crippen LogP contribution in [0.1, 0.15) is 19.3 Å². The van der Waals surface area contributed by atoms with Gasteiger partial charge in [0.1, 0.15) is 5.82 Å². The first-order chi connectivity index (χ1) is 7.61. The Kier molecular flexibility index (Phi) is 5.19. The number of hydrogen-bond donors (Lipinski definition) is 1. The third-order valence-corrected chi connectivity index (χ3v) is 2.63. The zero-order chi connectivity index (χ0) is 12.0. The van der Waals surface area contributed by atoms with Crippen LogP contribution in [0.15, 0.2) is 24.3 Å². The summed E-state index contributed by atoms with van der Waals surface area (Å²) in [5.41, 5.74) is 6.04. The zero-order valence-electron chi connectivity index (χ0n) is 9.45. The number of hydrogen-bond acceptors (Lipinski definition) is 2. The summed E-state index contributed by atoms with van der Waals surface area (Å²) in [6.45, 7) is 0.809. The van der Waals surface area contributed by atoms with Gasteiger partial charge in [0.25, 0.3) is 0 Å². The molecule has 88 valence electrons. The van der Waals surface area contributed by atoms with E-state index >= 15 is 0 Å². The Bertz CT molecular complexity index is 355. The lowest BCUT2D eigenvalue weighted by molar-refractivity contribution is 0.619. The molecule has 2 N–H and O–H groups in total. The van der Waals surface area contributed by atoms with Crippen LogP contribution in [0.5, 0.6) is 0 Å². The van der Waals surface area contributed by atoms with Gasteiger partial charge in [0, 0.05) is 13.6 Å². The second kappa shape index (κ2) is 6.43. The van der Waals surface area contributed by atoms with E-state index in [1.165, 1.54) is 6.07 Å². The molecule has 0 aliphatic rings. The van der Waals surface area contributed by atoms with E-state index in [4.69, 9.17) is 18.0 Å². The van der Waals surface area contributed by atoms with Crippen LogP contribution in [0.3, 0.4) is 0 Å². The number of anilines is 1. The number of benzene rings is 1. The first-order valence-corrected chi connectivity index (χ1v) is 5.76. The van der Waals surface area contributed by atoms with Crippen LogP contribution in [0.2, 0.25) is 0 Å². The summed E-state index contributed by atoms with van der Waals surface area (Å²) in [7, 11) is 1.89. The van der Waals surface area contributed by atoms with Crippen molar-refractivity contribution in [1.29, 1.82) is 0 Å². The molecule has 0 bridgehead atoms. The highest BCUT2D eigenvalue weighted by Gasteiger charge is 2.05. The van der Waals surface area contributed by atoms with E-state index in [0.29, 0.717) is 10.7 Å². The van der Waals surface area contributed by atoms with Crippen LogP contribution in [0.4, 0.5) is 10.1 Å². The first-order valence-electron chi connectivity index (χ1n) is 5.35. The Morgan fingerprint density at radius 1 is 1.38 bits per heavy atom. The summed E-state index contributed by atoms with van der Waals surface area (Å²) < 4.78 is 13.4. The lowest BCUT2D eigenvalue weighted by Gasteiger charge is -2.19. The highest BCUT2D eigenvalue weighted by Crippen LogP contribution is 2.17. The molecule has 4 heteroatoms. The Morgan fingerprint density at radius 2 is 2.06 bits per heavy atom. The SMILES string of the molecule is CN(CCCCC(N)=S)c1ccccc1F. The van der Waals surface area contributed by atoms with E-state index in [0.717, 1.165) is 25.8 Å². The quantitative estimate of drug-likeness (QED) is 0.612. The molecule has 1 aromatic carbocycles. The van der Waals surface area contributed by atoms with Gasteiger partial charge >= 0.3 is 0 Å². The van der Waals surface area contributed by atoms with E-state index < -0.39 is 0 Å². The number of rotatable bonds is 6. The van der Waals surface area contributed by atoms with Crippen molar-refractivity contribution in [3.63, 3.8) is 0 Å². The van der Waals surface area contributed by atoms with Gasteiger partial charge in [-0.1, -0.05) is 24.4 Å². The first kappa shape index (κ1) is 12.9. The standard InChI is InChI=1S/C12H17FN2S/c1-15(9-5-4-8-12(14)16)11-7-3-2-6-10(11)13/h2-3,6-7H,4-5,8-9H2,1H3,(H2,14,16). The average Bonchev–Trinajstić information content (AvgIpc) is 2.24. The van der Waals surface area contributed by atoms with Gasteiger partial charge in [0.15, 0.2) is 0 Å². The number of nitrogens with zero attached hydrogens (tertiary/aromatic N) is 1. The van der Waals surface area contributed by atoms with Crippen LogP contribution in [-0.2, 0) is 0 Å². The zero-order valence-corrected chi connectivity index (χ0v) is 10.3. The van der Waals surface area contributed by atoms with E-state index in [-0.39, 0.29) is 5.82 Å². The van der Waals surface area contributed by atoms with E-state index in [9.17, 15) is 4.39 Å². The average molecular weight is 240 g/mol. The maximum Gasteiger partial charge on any atom is 0.146 e. The van der Waals surface area contributed by atoms with Crippen molar-refractivity contribution in [3.8, 4) is 0 Å². The second-order valence-corrected chi connectivity index (χ2v) is 4.32. The molecule has 0 saturated heterocycles. The van der Waals surface area contributed by atoms with Crippen LogP contribution in [0.25, 0.3) is 0 Å². The maximum absolute atomic E-state index is 13.4. The smallest absolute Gasteiger partial charge is 0.146 e. The molecule has 0 spiro atoms. The summed E-state index contributed by atoms with van der Waals surface area (Å²) in [5.74, 6) is -0.181. The van der Waals surface area contributed by atoms with E-state index in [1.54, 1.807) is 12.1 Å². The molecule has 1 rings (SSSR count). The van der Waals surface area contributed by atoms with Gasteiger partial charge in [0.05, 0.1) is 10.7 Å². The minimum absolute atomic E-state index is 0.181. The molecule has 16 heavy (non-hydrogen) atoms. The fourth-order valence-corrected chi connectivity index (χ4v) is 1.67. The van der Waals surface area contributed by atoms with Gasteiger partial charge < -0.3 is 10.6 Å². The second-order valence-electron chi connectivity index (χ2n) is 3.80. The van der Waals surface area contributed by atoms with Crippen molar-refractivity contribution < 1.29 is 4.39 Å². The van der Waals surface area contributed by atoms with Gasteiger partial charge in [-0.15, -0.1) is 0 Å². The predicted octanol–water partition coefficient (Wildman–Crippen LogP) is 2.72. The largest absolute Gasteiger partial charge is 0.393 e. The van der Waals surface area contributed by atoms with Gasteiger partial charge in [-0.05, 0) is 31.4 Å². The third kappa shape index (κ3) is 4.14. The molecule has 0 saturated carbocycles. The molecule has 0 unspecified atom stereocenters. The molecule has 1 aromatic rings. The van der Waals surface area contributed by atoms with Gasteiger partial charge in [-0.3, -0.25) is 0 Å². The molecule has 0 aliphatic carbocycles. The molecule has 0 atom stereocenters. The fourth-order valence-electron chi connectivity index (χ4n) is 1.53. The third-order valence-electron chi connectivity index (χ3n) is 2.43. The normalized spacial score (nSPS) is 10.1. The molecule has 0 fully saturated rings.